The van der Waals surface area contributed by atoms with E-state index >= 15 is 0 Å². The molecule has 114 valence electrons. The van der Waals surface area contributed by atoms with Crippen LogP contribution in [0.15, 0.2) is 4.52 Å². The van der Waals surface area contributed by atoms with Crippen LogP contribution in [0.4, 0.5) is 0 Å². The largest absolute Gasteiger partial charge is 0.339 e. The maximum absolute atomic E-state index is 5.53. The SMILES string of the molecule is CCNC1CCCCC1c1nc(CSC(C)CC)no1. The first-order valence-corrected chi connectivity index (χ1v) is 8.96. The molecule has 0 spiro atoms. The van der Waals surface area contributed by atoms with Gasteiger partial charge < -0.3 is 9.84 Å². The van der Waals surface area contributed by atoms with E-state index in [9.17, 15) is 0 Å². The lowest BCUT2D eigenvalue weighted by Crippen LogP contribution is -2.37. The molecule has 1 N–H and O–H groups in total. The first-order valence-electron chi connectivity index (χ1n) is 7.92. The highest BCUT2D eigenvalue weighted by Crippen LogP contribution is 2.32. The van der Waals surface area contributed by atoms with Crippen molar-refractivity contribution in [1.29, 1.82) is 0 Å². The highest BCUT2D eigenvalue weighted by molar-refractivity contribution is 7.99. The summed E-state index contributed by atoms with van der Waals surface area (Å²) in [6.07, 6.45) is 6.14. The van der Waals surface area contributed by atoms with Crippen molar-refractivity contribution >= 4 is 11.8 Å². The van der Waals surface area contributed by atoms with Crippen molar-refractivity contribution in [3.63, 3.8) is 0 Å². The molecule has 0 amide bonds. The lowest BCUT2D eigenvalue weighted by atomic mass is 9.84. The van der Waals surface area contributed by atoms with Gasteiger partial charge in [0.15, 0.2) is 5.82 Å². The maximum Gasteiger partial charge on any atom is 0.231 e. The topological polar surface area (TPSA) is 51.0 Å². The van der Waals surface area contributed by atoms with E-state index in [1.165, 1.54) is 25.7 Å². The Hall–Kier alpha value is -0.550. The van der Waals surface area contributed by atoms with Gasteiger partial charge in [0.05, 0.1) is 11.7 Å². The Morgan fingerprint density at radius 3 is 2.90 bits per heavy atom. The van der Waals surface area contributed by atoms with Crippen LogP contribution in [0.2, 0.25) is 0 Å². The average Bonchev–Trinajstić information content (AvgIpc) is 2.94. The third-order valence-corrected chi connectivity index (χ3v) is 5.43. The summed E-state index contributed by atoms with van der Waals surface area (Å²) >= 11 is 1.90. The minimum Gasteiger partial charge on any atom is -0.339 e. The standard InChI is InChI=1S/C15H27N3OS/c1-4-11(3)20-10-14-17-15(19-18-14)12-8-6-7-9-13(12)16-5-2/h11-13,16H,4-10H2,1-3H3. The molecule has 2 rings (SSSR count). The minimum atomic E-state index is 0.401. The normalized spacial score (nSPS) is 24.8. The Bertz CT molecular complexity index is 394. The van der Waals surface area contributed by atoms with Gasteiger partial charge in [-0.05, 0) is 25.8 Å². The molecular weight excluding hydrogens is 270 g/mol. The third-order valence-electron chi connectivity index (χ3n) is 4.11. The number of nitrogens with zero attached hydrogens (tertiary/aromatic N) is 2. The van der Waals surface area contributed by atoms with Gasteiger partial charge in [-0.25, -0.2) is 0 Å². The van der Waals surface area contributed by atoms with Crippen LogP contribution in [-0.2, 0) is 5.75 Å². The molecule has 1 aliphatic rings. The molecule has 20 heavy (non-hydrogen) atoms. The fourth-order valence-corrected chi connectivity index (χ4v) is 3.53. The molecule has 1 fully saturated rings. The first-order chi connectivity index (χ1) is 9.74. The monoisotopic (exact) mass is 297 g/mol. The Morgan fingerprint density at radius 1 is 1.35 bits per heavy atom. The summed E-state index contributed by atoms with van der Waals surface area (Å²) in [7, 11) is 0. The average molecular weight is 297 g/mol. The van der Waals surface area contributed by atoms with Gasteiger partial charge in [-0.2, -0.15) is 16.7 Å². The molecule has 3 atom stereocenters. The van der Waals surface area contributed by atoms with Crippen molar-refractivity contribution in [3.05, 3.63) is 11.7 Å². The predicted octanol–water partition coefficient (Wildman–Crippen LogP) is 3.74. The smallest absolute Gasteiger partial charge is 0.231 e. The Balaban J connectivity index is 1.95. The molecule has 5 heteroatoms. The minimum absolute atomic E-state index is 0.401. The van der Waals surface area contributed by atoms with Crippen LogP contribution < -0.4 is 5.32 Å². The second-order valence-electron chi connectivity index (χ2n) is 5.63. The molecule has 4 nitrogen and oxygen atoms in total. The van der Waals surface area contributed by atoms with Gasteiger partial charge >= 0.3 is 0 Å². The van der Waals surface area contributed by atoms with Crippen LogP contribution in [-0.4, -0.2) is 28.0 Å². The molecular formula is C15H27N3OS. The molecule has 0 aromatic carbocycles. The van der Waals surface area contributed by atoms with E-state index in [1.54, 1.807) is 0 Å². The summed E-state index contributed by atoms with van der Waals surface area (Å²) in [6, 6.07) is 0.504. The van der Waals surface area contributed by atoms with Crippen LogP contribution in [0, 0.1) is 0 Å². The molecule has 1 aliphatic carbocycles. The van der Waals surface area contributed by atoms with Crippen LogP contribution >= 0.6 is 11.8 Å². The zero-order chi connectivity index (χ0) is 14.4. The van der Waals surface area contributed by atoms with Gasteiger partial charge in [0.25, 0.3) is 0 Å². The van der Waals surface area contributed by atoms with Gasteiger partial charge in [-0.1, -0.05) is 38.8 Å². The van der Waals surface area contributed by atoms with Crippen molar-refractivity contribution in [1.82, 2.24) is 15.5 Å². The number of likely N-dealkylation sites (N-methyl/N-ethyl adjacent to an activating group) is 1. The van der Waals surface area contributed by atoms with Gasteiger partial charge in [0.2, 0.25) is 5.89 Å². The fraction of sp³-hybridized carbons (Fsp3) is 0.867. The molecule has 1 saturated carbocycles. The Kier molecular flexibility index (Phi) is 6.36. The number of rotatable bonds is 7. The van der Waals surface area contributed by atoms with Crippen molar-refractivity contribution < 1.29 is 4.52 Å². The highest BCUT2D eigenvalue weighted by Gasteiger charge is 2.30. The van der Waals surface area contributed by atoms with Crippen molar-refractivity contribution in [2.75, 3.05) is 6.54 Å². The van der Waals surface area contributed by atoms with Gasteiger partial charge in [0, 0.05) is 11.3 Å². The van der Waals surface area contributed by atoms with E-state index in [-0.39, 0.29) is 0 Å². The third kappa shape index (κ3) is 4.22. The summed E-state index contributed by atoms with van der Waals surface area (Å²) in [5.74, 6) is 2.96. The zero-order valence-corrected chi connectivity index (χ0v) is 13.7. The second kappa shape index (κ2) is 8.03. The summed E-state index contributed by atoms with van der Waals surface area (Å²) in [5.41, 5.74) is 0. The van der Waals surface area contributed by atoms with Crippen LogP contribution in [0.1, 0.15) is 70.5 Å². The van der Waals surface area contributed by atoms with E-state index in [2.05, 4.69) is 36.2 Å². The van der Waals surface area contributed by atoms with E-state index in [4.69, 9.17) is 4.52 Å². The van der Waals surface area contributed by atoms with Crippen LogP contribution in [0.3, 0.4) is 0 Å². The molecule has 3 unspecified atom stereocenters. The highest BCUT2D eigenvalue weighted by atomic mass is 32.2. The molecule has 1 aromatic heterocycles. The molecule has 0 bridgehead atoms. The van der Waals surface area contributed by atoms with E-state index in [0.29, 0.717) is 17.2 Å². The molecule has 0 radical (unpaired) electrons. The van der Waals surface area contributed by atoms with Crippen LogP contribution in [0.25, 0.3) is 0 Å². The van der Waals surface area contributed by atoms with Gasteiger partial charge in [0.1, 0.15) is 0 Å². The molecule has 0 saturated heterocycles. The molecule has 1 heterocycles. The Morgan fingerprint density at radius 2 is 2.15 bits per heavy atom. The Labute approximate surface area is 126 Å². The summed E-state index contributed by atoms with van der Waals surface area (Å²) in [4.78, 5) is 4.63. The van der Waals surface area contributed by atoms with Crippen molar-refractivity contribution in [2.45, 2.75) is 75.8 Å². The summed E-state index contributed by atoms with van der Waals surface area (Å²) < 4.78 is 5.53. The predicted molar refractivity (Wildman–Crippen MR) is 84.0 cm³/mol. The fourth-order valence-electron chi connectivity index (χ4n) is 2.74. The number of hydrogen-bond donors (Lipinski definition) is 1. The zero-order valence-electron chi connectivity index (χ0n) is 12.9. The number of thioether (sulfide) groups is 1. The number of nitrogens with one attached hydrogen (secondary N) is 1. The van der Waals surface area contributed by atoms with Gasteiger partial charge in [-0.3, -0.25) is 0 Å². The molecule has 0 aliphatic heterocycles. The lowest BCUT2D eigenvalue weighted by Gasteiger charge is -2.29. The number of aromatic nitrogens is 2. The lowest BCUT2D eigenvalue weighted by molar-refractivity contribution is 0.264. The maximum atomic E-state index is 5.53. The quantitative estimate of drug-likeness (QED) is 0.831. The summed E-state index contributed by atoms with van der Waals surface area (Å²) in [5, 5.41) is 8.38. The van der Waals surface area contributed by atoms with E-state index < -0.39 is 0 Å². The van der Waals surface area contributed by atoms with Gasteiger partial charge in [-0.15, -0.1) is 0 Å². The summed E-state index contributed by atoms with van der Waals surface area (Å²) in [6.45, 7) is 7.62. The van der Waals surface area contributed by atoms with E-state index in [0.717, 1.165) is 30.4 Å². The van der Waals surface area contributed by atoms with Crippen molar-refractivity contribution in [3.8, 4) is 0 Å². The second-order valence-corrected chi connectivity index (χ2v) is 7.06. The van der Waals surface area contributed by atoms with Crippen LogP contribution in [0.5, 0.6) is 0 Å². The first kappa shape index (κ1) is 15.8. The molecule has 1 aromatic rings. The van der Waals surface area contributed by atoms with E-state index in [1.807, 2.05) is 11.8 Å². The van der Waals surface area contributed by atoms with Crippen molar-refractivity contribution in [2.24, 2.45) is 0 Å². The number of hydrogen-bond acceptors (Lipinski definition) is 5.